The lowest BCUT2D eigenvalue weighted by atomic mass is 9.99. The topological polar surface area (TPSA) is 99.7 Å². The number of sulfonamides is 1. The number of anilines is 2. The molecule has 2 atom stereocenters. The van der Waals surface area contributed by atoms with Gasteiger partial charge in [-0.2, -0.15) is 4.31 Å². The van der Waals surface area contributed by atoms with Gasteiger partial charge in [0.25, 0.3) is 0 Å². The Kier molecular flexibility index (Phi) is 5.55. The number of fused-ring (bicyclic) bond motifs is 1. The van der Waals surface area contributed by atoms with Crippen LogP contribution in [0.25, 0.3) is 0 Å². The van der Waals surface area contributed by atoms with E-state index in [0.717, 1.165) is 24.1 Å². The number of carbonyl (C=O) groups excluding carboxylic acids is 2. The van der Waals surface area contributed by atoms with Gasteiger partial charge in [0.05, 0.1) is 10.8 Å². The quantitative estimate of drug-likeness (QED) is 0.718. The van der Waals surface area contributed by atoms with E-state index in [0.29, 0.717) is 30.9 Å². The molecule has 0 spiro atoms. The summed E-state index contributed by atoms with van der Waals surface area (Å²) in [5.74, 6) is -0.343. The van der Waals surface area contributed by atoms with Gasteiger partial charge in [0.15, 0.2) is 5.13 Å². The fourth-order valence-corrected chi connectivity index (χ4v) is 6.75. The summed E-state index contributed by atoms with van der Waals surface area (Å²) >= 11 is 1.33. The molecular weight excluding hydrogens is 448 g/mol. The van der Waals surface area contributed by atoms with Crippen LogP contribution < -0.4 is 10.2 Å². The number of amides is 2. The summed E-state index contributed by atoms with van der Waals surface area (Å²) in [6, 6.07) is 5.10. The second kappa shape index (κ2) is 8.24. The van der Waals surface area contributed by atoms with Crippen molar-refractivity contribution in [1.82, 2.24) is 9.29 Å². The maximum Gasteiger partial charge on any atom is 0.243 e. The Hall–Kier alpha value is -2.30. The maximum absolute atomic E-state index is 13.4. The number of rotatable bonds is 5. The average Bonchev–Trinajstić information content (AvgIpc) is 3.41. The van der Waals surface area contributed by atoms with Crippen molar-refractivity contribution in [3.8, 4) is 0 Å². The highest BCUT2D eigenvalue weighted by atomic mass is 32.2. The first-order chi connectivity index (χ1) is 15.3. The Morgan fingerprint density at radius 1 is 1.19 bits per heavy atom. The summed E-state index contributed by atoms with van der Waals surface area (Å²) in [6.45, 7) is 2.55. The lowest BCUT2D eigenvalue weighted by Crippen LogP contribution is -2.43. The second-order valence-corrected chi connectivity index (χ2v) is 11.7. The van der Waals surface area contributed by atoms with Crippen LogP contribution in [0.1, 0.15) is 38.2 Å². The van der Waals surface area contributed by atoms with Crippen LogP contribution in [0.5, 0.6) is 0 Å². The van der Waals surface area contributed by atoms with E-state index >= 15 is 0 Å². The first kappa shape index (κ1) is 21.5. The normalized spacial score (nSPS) is 23.7. The zero-order chi connectivity index (χ0) is 22.5. The maximum atomic E-state index is 13.4. The molecule has 1 aromatic heterocycles. The monoisotopic (exact) mass is 474 g/mol. The molecule has 1 aromatic carbocycles. The highest BCUT2D eigenvalue weighted by Gasteiger charge is 2.40. The average molecular weight is 475 g/mol. The van der Waals surface area contributed by atoms with Crippen LogP contribution in [0.3, 0.4) is 0 Å². The fraction of sp³-hybridized carbons (Fsp3) is 0.500. The summed E-state index contributed by atoms with van der Waals surface area (Å²) in [6.07, 6.45) is 5.41. The highest BCUT2D eigenvalue weighted by Crippen LogP contribution is 2.40. The zero-order valence-corrected chi connectivity index (χ0v) is 19.5. The first-order valence-corrected chi connectivity index (χ1v) is 13.3. The van der Waals surface area contributed by atoms with Gasteiger partial charge in [0.1, 0.15) is 0 Å². The third-order valence-electron chi connectivity index (χ3n) is 6.49. The molecule has 2 aromatic rings. The summed E-state index contributed by atoms with van der Waals surface area (Å²) < 4.78 is 28.2. The Labute approximate surface area is 191 Å². The van der Waals surface area contributed by atoms with E-state index in [1.54, 1.807) is 29.8 Å². The van der Waals surface area contributed by atoms with Crippen LogP contribution in [0, 0.1) is 11.8 Å². The lowest BCUT2D eigenvalue weighted by molar-refractivity contribution is -0.121. The minimum atomic E-state index is -3.73. The van der Waals surface area contributed by atoms with Crippen LogP contribution in [-0.4, -0.2) is 48.7 Å². The number of nitrogens with zero attached hydrogens (tertiary/aromatic N) is 3. The predicted molar refractivity (Wildman–Crippen MR) is 122 cm³/mol. The molecule has 10 heteroatoms. The fourth-order valence-electron chi connectivity index (χ4n) is 4.65. The predicted octanol–water partition coefficient (Wildman–Crippen LogP) is 2.87. The third-order valence-corrected chi connectivity index (χ3v) is 9.04. The van der Waals surface area contributed by atoms with Crippen LogP contribution in [0.15, 0.2) is 34.7 Å². The van der Waals surface area contributed by atoms with Gasteiger partial charge in [-0.1, -0.05) is 0 Å². The van der Waals surface area contributed by atoms with Gasteiger partial charge in [-0.3, -0.25) is 9.59 Å². The number of hydrogen-bond acceptors (Lipinski definition) is 6. The van der Waals surface area contributed by atoms with Gasteiger partial charge in [-0.05, 0) is 62.8 Å². The number of piperidine rings is 1. The third kappa shape index (κ3) is 3.95. The van der Waals surface area contributed by atoms with E-state index in [4.69, 9.17) is 0 Å². The van der Waals surface area contributed by atoms with Crippen molar-refractivity contribution < 1.29 is 18.0 Å². The molecule has 1 aliphatic carbocycles. The Morgan fingerprint density at radius 3 is 2.72 bits per heavy atom. The van der Waals surface area contributed by atoms with Gasteiger partial charge in [-0.25, -0.2) is 13.4 Å². The summed E-state index contributed by atoms with van der Waals surface area (Å²) in [4.78, 5) is 31.4. The Balaban J connectivity index is 1.34. The van der Waals surface area contributed by atoms with Crippen molar-refractivity contribution in [2.75, 3.05) is 23.3 Å². The smallest absolute Gasteiger partial charge is 0.243 e. The standard InChI is InChI=1S/C22H26N4O4S2/c1-14-11-17-12-18(6-7-19(17)26(14)21(28)15-4-5-15)32(29,30)25-9-2-3-16(13-25)20(27)24-22-23-8-10-31-22/h6-8,10,12,14-16H,2-5,9,11,13H2,1H3,(H,23,24,27). The second-order valence-electron chi connectivity index (χ2n) is 8.85. The van der Waals surface area contributed by atoms with E-state index < -0.39 is 15.9 Å². The van der Waals surface area contributed by atoms with Crippen molar-refractivity contribution in [2.24, 2.45) is 11.8 Å². The molecule has 3 aliphatic rings. The van der Waals surface area contributed by atoms with E-state index in [9.17, 15) is 18.0 Å². The Bertz CT molecular complexity index is 1140. The molecule has 5 rings (SSSR count). The molecule has 0 bridgehead atoms. The van der Waals surface area contributed by atoms with Crippen molar-refractivity contribution in [2.45, 2.75) is 50.0 Å². The largest absolute Gasteiger partial charge is 0.309 e. The van der Waals surface area contributed by atoms with Crippen LogP contribution in [0.4, 0.5) is 10.8 Å². The number of benzene rings is 1. The molecule has 2 fully saturated rings. The van der Waals surface area contributed by atoms with E-state index in [1.807, 2.05) is 11.8 Å². The molecule has 2 aliphatic heterocycles. The number of hydrogen-bond donors (Lipinski definition) is 1. The first-order valence-electron chi connectivity index (χ1n) is 11.0. The van der Waals surface area contributed by atoms with Crippen molar-refractivity contribution in [1.29, 1.82) is 0 Å². The number of aromatic nitrogens is 1. The molecule has 8 nitrogen and oxygen atoms in total. The van der Waals surface area contributed by atoms with Gasteiger partial charge in [-0.15, -0.1) is 11.3 Å². The van der Waals surface area contributed by atoms with Gasteiger partial charge < -0.3 is 10.2 Å². The highest BCUT2D eigenvalue weighted by molar-refractivity contribution is 7.89. The molecule has 1 saturated heterocycles. The minimum absolute atomic E-state index is 0.0324. The van der Waals surface area contributed by atoms with Gasteiger partial charge >= 0.3 is 0 Å². The molecule has 2 amide bonds. The number of thiazole rings is 1. The molecule has 3 heterocycles. The van der Waals surface area contributed by atoms with Crippen LogP contribution in [0.2, 0.25) is 0 Å². The summed E-state index contributed by atoms with van der Waals surface area (Å²) in [5.41, 5.74) is 1.72. The van der Waals surface area contributed by atoms with Crippen molar-refractivity contribution in [3.05, 3.63) is 35.3 Å². The Morgan fingerprint density at radius 2 is 2.00 bits per heavy atom. The van der Waals surface area contributed by atoms with Gasteiger partial charge in [0, 0.05) is 42.3 Å². The molecule has 170 valence electrons. The number of carbonyl (C=O) groups is 2. The van der Waals surface area contributed by atoms with E-state index in [-0.39, 0.29) is 35.2 Å². The molecule has 32 heavy (non-hydrogen) atoms. The van der Waals surface area contributed by atoms with E-state index in [2.05, 4.69) is 10.3 Å². The number of nitrogens with one attached hydrogen (secondary N) is 1. The van der Waals surface area contributed by atoms with Crippen molar-refractivity contribution in [3.63, 3.8) is 0 Å². The summed E-state index contributed by atoms with van der Waals surface area (Å²) in [5, 5.41) is 5.08. The molecule has 0 radical (unpaired) electrons. The SMILES string of the molecule is CC1Cc2cc(S(=O)(=O)N3CCCC(C(=O)Nc4nccs4)C3)ccc2N1C(=O)C1CC1. The van der Waals surface area contributed by atoms with Crippen molar-refractivity contribution >= 4 is 44.0 Å². The van der Waals surface area contributed by atoms with Crippen LogP contribution in [-0.2, 0) is 26.0 Å². The molecule has 1 N–H and O–H groups in total. The van der Waals surface area contributed by atoms with E-state index in [1.165, 1.54) is 15.6 Å². The molecule has 1 saturated carbocycles. The summed E-state index contributed by atoms with van der Waals surface area (Å²) in [7, 11) is -3.73. The zero-order valence-electron chi connectivity index (χ0n) is 17.9. The van der Waals surface area contributed by atoms with Crippen LogP contribution >= 0.6 is 11.3 Å². The molecule has 2 unspecified atom stereocenters. The minimum Gasteiger partial charge on any atom is -0.309 e. The van der Waals surface area contributed by atoms with Gasteiger partial charge in [0.2, 0.25) is 21.8 Å². The molecular formula is C22H26N4O4S2. The lowest BCUT2D eigenvalue weighted by Gasteiger charge is -2.31.